The summed E-state index contributed by atoms with van der Waals surface area (Å²) >= 11 is 0. The van der Waals surface area contributed by atoms with E-state index in [-0.39, 0.29) is 0 Å². The second-order valence-corrected chi connectivity index (χ2v) is 4.57. The zero-order valence-electron chi connectivity index (χ0n) is 10.0. The highest BCUT2D eigenvalue weighted by molar-refractivity contribution is 5.78. The maximum Gasteiger partial charge on any atom is 0.310 e. The van der Waals surface area contributed by atoms with E-state index in [1.54, 1.807) is 13.0 Å². The first-order valence-electron chi connectivity index (χ1n) is 5.97. The van der Waals surface area contributed by atoms with Crippen molar-refractivity contribution in [2.75, 3.05) is 23.7 Å². The SMILES string of the molecule is CC(C(=O)O)c1ccc(N2CCCC2)c(N)c1. The molecule has 4 nitrogen and oxygen atoms in total. The number of aliphatic carboxylic acids is 1. The van der Waals surface area contributed by atoms with Crippen LogP contribution in [0.3, 0.4) is 0 Å². The van der Waals surface area contributed by atoms with Gasteiger partial charge in [-0.1, -0.05) is 6.07 Å². The lowest BCUT2D eigenvalue weighted by Crippen LogP contribution is -2.19. The van der Waals surface area contributed by atoms with Crippen molar-refractivity contribution >= 4 is 17.3 Å². The minimum atomic E-state index is -0.821. The van der Waals surface area contributed by atoms with Gasteiger partial charge in [-0.3, -0.25) is 4.79 Å². The molecule has 0 spiro atoms. The third kappa shape index (κ3) is 2.35. The number of carboxylic acids is 1. The van der Waals surface area contributed by atoms with Crippen molar-refractivity contribution in [3.05, 3.63) is 23.8 Å². The maximum absolute atomic E-state index is 10.9. The van der Waals surface area contributed by atoms with Gasteiger partial charge in [0.2, 0.25) is 0 Å². The van der Waals surface area contributed by atoms with Gasteiger partial charge in [-0.05, 0) is 37.5 Å². The van der Waals surface area contributed by atoms with Gasteiger partial charge >= 0.3 is 5.97 Å². The van der Waals surface area contributed by atoms with Crippen LogP contribution in [-0.4, -0.2) is 24.2 Å². The van der Waals surface area contributed by atoms with Crippen molar-refractivity contribution in [2.24, 2.45) is 0 Å². The quantitative estimate of drug-likeness (QED) is 0.786. The number of hydrogen-bond acceptors (Lipinski definition) is 3. The van der Waals surface area contributed by atoms with Crippen LogP contribution in [0.5, 0.6) is 0 Å². The molecule has 17 heavy (non-hydrogen) atoms. The third-order valence-corrected chi connectivity index (χ3v) is 3.37. The monoisotopic (exact) mass is 234 g/mol. The van der Waals surface area contributed by atoms with Gasteiger partial charge in [-0.25, -0.2) is 0 Å². The molecular formula is C13H18N2O2. The van der Waals surface area contributed by atoms with Crippen LogP contribution < -0.4 is 10.6 Å². The van der Waals surface area contributed by atoms with Gasteiger partial charge < -0.3 is 15.7 Å². The molecule has 1 fully saturated rings. The second kappa shape index (κ2) is 4.65. The van der Waals surface area contributed by atoms with E-state index in [2.05, 4.69) is 4.90 Å². The fraction of sp³-hybridized carbons (Fsp3) is 0.462. The number of nitrogen functional groups attached to an aromatic ring is 1. The summed E-state index contributed by atoms with van der Waals surface area (Å²) in [6.07, 6.45) is 2.40. The molecule has 1 saturated heterocycles. The van der Waals surface area contributed by atoms with Crippen molar-refractivity contribution in [1.82, 2.24) is 0 Å². The van der Waals surface area contributed by atoms with E-state index >= 15 is 0 Å². The Labute approximate surface area is 101 Å². The Morgan fingerprint density at radius 2 is 2.06 bits per heavy atom. The second-order valence-electron chi connectivity index (χ2n) is 4.57. The van der Waals surface area contributed by atoms with Gasteiger partial charge in [0, 0.05) is 13.1 Å². The van der Waals surface area contributed by atoms with Crippen molar-refractivity contribution in [3.63, 3.8) is 0 Å². The molecule has 0 amide bonds. The number of benzene rings is 1. The topological polar surface area (TPSA) is 66.6 Å². The number of nitrogens with zero attached hydrogens (tertiary/aromatic N) is 1. The molecule has 92 valence electrons. The van der Waals surface area contributed by atoms with Crippen molar-refractivity contribution in [2.45, 2.75) is 25.7 Å². The number of hydrogen-bond donors (Lipinski definition) is 2. The molecular weight excluding hydrogens is 216 g/mol. The Balaban J connectivity index is 2.25. The number of anilines is 2. The van der Waals surface area contributed by atoms with Crippen LogP contribution >= 0.6 is 0 Å². The molecule has 1 heterocycles. The summed E-state index contributed by atoms with van der Waals surface area (Å²) < 4.78 is 0. The Hall–Kier alpha value is -1.71. The van der Waals surface area contributed by atoms with Gasteiger partial charge in [0.1, 0.15) is 0 Å². The van der Waals surface area contributed by atoms with E-state index in [9.17, 15) is 4.79 Å². The predicted octanol–water partition coefficient (Wildman–Crippen LogP) is 2.06. The van der Waals surface area contributed by atoms with Crippen LogP contribution in [-0.2, 0) is 4.79 Å². The molecule has 3 N–H and O–H groups in total. The Morgan fingerprint density at radius 1 is 1.41 bits per heavy atom. The molecule has 2 rings (SSSR count). The molecule has 1 aliphatic heterocycles. The van der Waals surface area contributed by atoms with Crippen LogP contribution in [0, 0.1) is 0 Å². The summed E-state index contributed by atoms with van der Waals surface area (Å²) in [5.74, 6) is -1.33. The van der Waals surface area contributed by atoms with Crippen LogP contribution in [0.2, 0.25) is 0 Å². The van der Waals surface area contributed by atoms with Crippen LogP contribution in [0.25, 0.3) is 0 Å². The van der Waals surface area contributed by atoms with E-state index < -0.39 is 11.9 Å². The molecule has 1 atom stereocenters. The lowest BCUT2D eigenvalue weighted by molar-refractivity contribution is -0.138. The molecule has 1 unspecified atom stereocenters. The van der Waals surface area contributed by atoms with Crippen molar-refractivity contribution < 1.29 is 9.90 Å². The Kier molecular flexibility index (Phi) is 3.22. The average Bonchev–Trinajstić information content (AvgIpc) is 2.81. The lowest BCUT2D eigenvalue weighted by Gasteiger charge is -2.20. The molecule has 0 radical (unpaired) electrons. The maximum atomic E-state index is 10.9. The fourth-order valence-electron chi connectivity index (χ4n) is 2.23. The predicted molar refractivity (Wildman–Crippen MR) is 68.4 cm³/mol. The standard InChI is InChI=1S/C13H18N2O2/c1-9(13(16)17)10-4-5-12(11(14)8-10)15-6-2-3-7-15/h4-5,8-9H,2-3,6-7,14H2,1H3,(H,16,17). The largest absolute Gasteiger partial charge is 0.481 e. The minimum Gasteiger partial charge on any atom is -0.481 e. The van der Waals surface area contributed by atoms with E-state index in [4.69, 9.17) is 10.8 Å². The first-order valence-corrected chi connectivity index (χ1v) is 5.97. The highest BCUT2D eigenvalue weighted by Gasteiger charge is 2.18. The number of carboxylic acid groups (broad SMARTS) is 1. The van der Waals surface area contributed by atoms with Gasteiger partial charge in [0.15, 0.2) is 0 Å². The number of rotatable bonds is 3. The van der Waals surface area contributed by atoms with Gasteiger partial charge in [0.25, 0.3) is 0 Å². The normalized spacial score (nSPS) is 17.1. The fourth-order valence-corrected chi connectivity index (χ4v) is 2.23. The van der Waals surface area contributed by atoms with Crippen LogP contribution in [0.15, 0.2) is 18.2 Å². The molecule has 1 aliphatic rings. The summed E-state index contributed by atoms with van der Waals surface area (Å²) in [5.41, 5.74) is 8.48. The molecule has 1 aromatic rings. The van der Waals surface area contributed by atoms with Crippen LogP contribution in [0.1, 0.15) is 31.2 Å². The third-order valence-electron chi connectivity index (χ3n) is 3.37. The molecule has 4 heteroatoms. The Morgan fingerprint density at radius 3 is 2.59 bits per heavy atom. The summed E-state index contributed by atoms with van der Waals surface area (Å²) in [4.78, 5) is 13.2. The molecule has 0 bridgehead atoms. The Bertz CT molecular complexity index is 425. The number of carbonyl (C=O) groups is 1. The first-order chi connectivity index (χ1) is 8.09. The van der Waals surface area contributed by atoms with Gasteiger partial charge in [0.05, 0.1) is 17.3 Å². The van der Waals surface area contributed by atoms with Gasteiger partial charge in [-0.15, -0.1) is 0 Å². The molecule has 1 aromatic carbocycles. The van der Waals surface area contributed by atoms with Crippen molar-refractivity contribution in [3.8, 4) is 0 Å². The molecule has 0 aliphatic carbocycles. The van der Waals surface area contributed by atoms with Crippen molar-refractivity contribution in [1.29, 1.82) is 0 Å². The zero-order valence-corrected chi connectivity index (χ0v) is 10.0. The molecule has 0 aromatic heterocycles. The molecule has 0 saturated carbocycles. The van der Waals surface area contributed by atoms with Gasteiger partial charge in [-0.2, -0.15) is 0 Å². The highest BCUT2D eigenvalue weighted by Crippen LogP contribution is 2.29. The first kappa shape index (κ1) is 11.8. The van der Waals surface area contributed by atoms with E-state index in [0.717, 1.165) is 24.3 Å². The smallest absolute Gasteiger partial charge is 0.310 e. The summed E-state index contributed by atoms with van der Waals surface area (Å²) in [6.45, 7) is 3.75. The average molecular weight is 234 g/mol. The van der Waals surface area contributed by atoms with E-state index in [1.807, 2.05) is 12.1 Å². The summed E-state index contributed by atoms with van der Waals surface area (Å²) in [5, 5.41) is 8.96. The van der Waals surface area contributed by atoms with Crippen LogP contribution in [0.4, 0.5) is 11.4 Å². The van der Waals surface area contributed by atoms with E-state index in [1.165, 1.54) is 12.8 Å². The zero-order chi connectivity index (χ0) is 12.4. The summed E-state index contributed by atoms with van der Waals surface area (Å²) in [7, 11) is 0. The lowest BCUT2D eigenvalue weighted by atomic mass is 10.00. The summed E-state index contributed by atoms with van der Waals surface area (Å²) in [6, 6.07) is 5.59. The number of nitrogens with two attached hydrogens (primary N) is 1. The van der Waals surface area contributed by atoms with E-state index in [0.29, 0.717) is 5.69 Å². The highest BCUT2D eigenvalue weighted by atomic mass is 16.4. The minimum absolute atomic E-state index is 0.509.